The fraction of sp³-hybridized carbons (Fsp3) is 0.647. The van der Waals surface area contributed by atoms with E-state index in [1.807, 2.05) is 11.8 Å². The minimum absolute atomic E-state index is 0.0984. The molecule has 1 aromatic rings. The number of amides is 3. The molecule has 1 saturated heterocycles. The van der Waals surface area contributed by atoms with E-state index < -0.39 is 0 Å². The molecule has 2 fully saturated rings. The highest BCUT2D eigenvalue weighted by Crippen LogP contribution is 2.32. The lowest BCUT2D eigenvalue weighted by molar-refractivity contribution is -0.128. The third-order valence-electron chi connectivity index (χ3n) is 4.46. The van der Waals surface area contributed by atoms with Gasteiger partial charge in [0.1, 0.15) is 0 Å². The van der Waals surface area contributed by atoms with Crippen LogP contribution in [-0.4, -0.2) is 42.0 Å². The second-order valence-electron chi connectivity index (χ2n) is 6.82. The number of carbonyl (C=O) groups is 2. The van der Waals surface area contributed by atoms with Gasteiger partial charge >= 0.3 is 6.03 Å². The lowest BCUT2D eigenvalue weighted by atomic mass is 10.1. The van der Waals surface area contributed by atoms with Crippen LogP contribution in [-0.2, 0) is 11.2 Å². The first kappa shape index (κ1) is 16.3. The van der Waals surface area contributed by atoms with Crippen molar-refractivity contribution in [1.29, 1.82) is 0 Å². The molecule has 0 radical (unpaired) electrons. The maximum Gasteiger partial charge on any atom is 0.315 e. The van der Waals surface area contributed by atoms with Gasteiger partial charge in [-0.25, -0.2) is 4.79 Å². The summed E-state index contributed by atoms with van der Waals surface area (Å²) >= 11 is 1.77. The fourth-order valence-electron chi connectivity index (χ4n) is 3.14. The number of hydrogen-bond acceptors (Lipinski definition) is 3. The maximum atomic E-state index is 12.0. The Morgan fingerprint density at radius 1 is 1.43 bits per heavy atom. The van der Waals surface area contributed by atoms with Gasteiger partial charge in [-0.15, -0.1) is 11.3 Å². The second-order valence-corrected chi connectivity index (χ2v) is 8.19. The van der Waals surface area contributed by atoms with Crippen molar-refractivity contribution in [3.05, 3.63) is 21.9 Å². The molecular weight excluding hydrogens is 310 g/mol. The standard InChI is InChI=1S/C17H25N3O2S/c1-11(7-15-6-3-12(2)23-15)19-17(22)18-9-13-8-16(21)20(10-13)14-4-5-14/h3,6,11,13-14H,4-5,7-10H2,1-2H3,(H2,18,19,22)/t11-,13+/m0/s1. The van der Waals surface area contributed by atoms with E-state index >= 15 is 0 Å². The molecule has 1 aromatic heterocycles. The summed E-state index contributed by atoms with van der Waals surface area (Å²) in [5.41, 5.74) is 0. The van der Waals surface area contributed by atoms with Gasteiger partial charge in [-0.1, -0.05) is 0 Å². The molecule has 126 valence electrons. The van der Waals surface area contributed by atoms with Crippen molar-refractivity contribution < 1.29 is 9.59 Å². The molecule has 3 amide bonds. The molecule has 0 unspecified atom stereocenters. The molecule has 1 saturated carbocycles. The number of carbonyl (C=O) groups excluding carboxylic acids is 2. The van der Waals surface area contributed by atoms with Gasteiger partial charge < -0.3 is 15.5 Å². The molecule has 2 aliphatic rings. The summed E-state index contributed by atoms with van der Waals surface area (Å²) in [4.78, 5) is 28.5. The number of rotatable bonds is 6. The summed E-state index contributed by atoms with van der Waals surface area (Å²) in [6.07, 6.45) is 3.71. The Balaban J connectivity index is 1.37. The molecule has 1 aliphatic heterocycles. The van der Waals surface area contributed by atoms with Crippen molar-refractivity contribution in [2.75, 3.05) is 13.1 Å². The fourth-order valence-corrected chi connectivity index (χ4v) is 4.16. The molecule has 5 nitrogen and oxygen atoms in total. The van der Waals surface area contributed by atoms with Crippen LogP contribution in [0.1, 0.15) is 35.9 Å². The van der Waals surface area contributed by atoms with E-state index in [0.29, 0.717) is 19.0 Å². The number of nitrogens with zero attached hydrogens (tertiary/aromatic N) is 1. The van der Waals surface area contributed by atoms with Crippen molar-refractivity contribution in [3.63, 3.8) is 0 Å². The van der Waals surface area contributed by atoms with Gasteiger partial charge in [0.25, 0.3) is 0 Å². The molecule has 2 N–H and O–H groups in total. The smallest absolute Gasteiger partial charge is 0.315 e. The normalized spacial score (nSPS) is 22.3. The Morgan fingerprint density at radius 3 is 2.87 bits per heavy atom. The van der Waals surface area contributed by atoms with Crippen LogP contribution in [0.2, 0.25) is 0 Å². The summed E-state index contributed by atoms with van der Waals surface area (Å²) in [5, 5.41) is 5.90. The van der Waals surface area contributed by atoms with Gasteiger partial charge in [-0.05, 0) is 38.8 Å². The quantitative estimate of drug-likeness (QED) is 0.838. The minimum Gasteiger partial charge on any atom is -0.339 e. The van der Waals surface area contributed by atoms with Crippen molar-refractivity contribution in [2.24, 2.45) is 5.92 Å². The third-order valence-corrected chi connectivity index (χ3v) is 5.48. The Morgan fingerprint density at radius 2 is 2.22 bits per heavy atom. The van der Waals surface area contributed by atoms with Gasteiger partial charge in [0, 0.05) is 53.7 Å². The summed E-state index contributed by atoms with van der Waals surface area (Å²) in [7, 11) is 0. The lowest BCUT2D eigenvalue weighted by Gasteiger charge is -2.17. The van der Waals surface area contributed by atoms with E-state index in [-0.39, 0.29) is 23.9 Å². The topological polar surface area (TPSA) is 61.4 Å². The van der Waals surface area contributed by atoms with Crippen molar-refractivity contribution in [2.45, 2.75) is 51.6 Å². The van der Waals surface area contributed by atoms with Crippen LogP contribution in [0, 0.1) is 12.8 Å². The Kier molecular flexibility index (Phi) is 4.90. The van der Waals surface area contributed by atoms with E-state index in [2.05, 4.69) is 29.7 Å². The van der Waals surface area contributed by atoms with Gasteiger partial charge in [0.2, 0.25) is 5.91 Å². The molecule has 23 heavy (non-hydrogen) atoms. The molecule has 0 spiro atoms. The van der Waals surface area contributed by atoms with Crippen molar-refractivity contribution in [1.82, 2.24) is 15.5 Å². The van der Waals surface area contributed by atoms with Crippen LogP contribution in [0.5, 0.6) is 0 Å². The summed E-state index contributed by atoms with van der Waals surface area (Å²) < 4.78 is 0. The molecule has 6 heteroatoms. The highest BCUT2D eigenvalue weighted by atomic mass is 32.1. The summed E-state index contributed by atoms with van der Waals surface area (Å²) in [5.74, 6) is 0.505. The average Bonchev–Trinajstić information content (AvgIpc) is 3.15. The van der Waals surface area contributed by atoms with Crippen LogP contribution >= 0.6 is 11.3 Å². The number of urea groups is 1. The van der Waals surface area contributed by atoms with E-state index in [1.165, 1.54) is 9.75 Å². The predicted octanol–water partition coefficient (Wildman–Crippen LogP) is 2.30. The number of nitrogens with one attached hydrogen (secondary N) is 2. The largest absolute Gasteiger partial charge is 0.339 e. The molecule has 3 rings (SSSR count). The van der Waals surface area contributed by atoms with E-state index in [9.17, 15) is 9.59 Å². The van der Waals surface area contributed by atoms with Crippen LogP contribution in [0.4, 0.5) is 4.79 Å². The molecule has 1 aliphatic carbocycles. The molecule has 0 bridgehead atoms. The molecular formula is C17H25N3O2S. The molecule has 0 aromatic carbocycles. The van der Waals surface area contributed by atoms with Crippen molar-refractivity contribution in [3.8, 4) is 0 Å². The zero-order valence-corrected chi connectivity index (χ0v) is 14.6. The first-order valence-electron chi connectivity index (χ1n) is 8.40. The zero-order chi connectivity index (χ0) is 16.4. The van der Waals surface area contributed by atoms with Gasteiger partial charge in [-0.3, -0.25) is 4.79 Å². The Labute approximate surface area is 141 Å². The summed E-state index contributed by atoms with van der Waals surface area (Å²) in [6.45, 7) is 5.48. The predicted molar refractivity (Wildman–Crippen MR) is 91.6 cm³/mol. The lowest BCUT2D eigenvalue weighted by Crippen LogP contribution is -2.43. The van der Waals surface area contributed by atoms with Crippen molar-refractivity contribution >= 4 is 23.3 Å². The highest BCUT2D eigenvalue weighted by molar-refractivity contribution is 7.11. The van der Waals surface area contributed by atoms with E-state index in [1.54, 1.807) is 11.3 Å². The number of hydrogen-bond donors (Lipinski definition) is 2. The van der Waals surface area contributed by atoms with Crippen LogP contribution in [0.3, 0.4) is 0 Å². The van der Waals surface area contributed by atoms with Gasteiger partial charge in [0.15, 0.2) is 0 Å². The Hall–Kier alpha value is -1.56. The molecule has 2 heterocycles. The third kappa shape index (κ3) is 4.47. The molecule has 2 atom stereocenters. The SMILES string of the molecule is Cc1ccc(C[C@H](C)NC(=O)NC[C@H]2CC(=O)N(C3CC3)C2)s1. The van der Waals surface area contributed by atoms with Crippen LogP contribution in [0.25, 0.3) is 0 Å². The maximum absolute atomic E-state index is 12.0. The zero-order valence-electron chi connectivity index (χ0n) is 13.8. The average molecular weight is 335 g/mol. The minimum atomic E-state index is -0.136. The van der Waals surface area contributed by atoms with Gasteiger partial charge in [0.05, 0.1) is 0 Å². The van der Waals surface area contributed by atoms with E-state index in [4.69, 9.17) is 0 Å². The van der Waals surface area contributed by atoms with Gasteiger partial charge in [-0.2, -0.15) is 0 Å². The monoisotopic (exact) mass is 335 g/mol. The first-order chi connectivity index (χ1) is 11.0. The number of aryl methyl sites for hydroxylation is 1. The van der Waals surface area contributed by atoms with E-state index in [0.717, 1.165) is 25.8 Å². The van der Waals surface area contributed by atoms with Crippen LogP contribution in [0.15, 0.2) is 12.1 Å². The number of likely N-dealkylation sites (tertiary alicyclic amines) is 1. The summed E-state index contributed by atoms with van der Waals surface area (Å²) in [6, 6.07) is 4.67. The highest BCUT2D eigenvalue weighted by Gasteiger charge is 2.39. The first-order valence-corrected chi connectivity index (χ1v) is 9.22. The second kappa shape index (κ2) is 6.91. The van der Waals surface area contributed by atoms with Crippen LogP contribution < -0.4 is 10.6 Å². The Bertz CT molecular complexity index is 582. The number of thiophene rings is 1.